The van der Waals surface area contributed by atoms with Crippen LogP contribution in [-0.2, 0) is 17.9 Å². The Morgan fingerprint density at radius 2 is 2.11 bits per heavy atom. The number of hydrogen-bond acceptors (Lipinski definition) is 2. The summed E-state index contributed by atoms with van der Waals surface area (Å²) in [6.45, 7) is 1.57. The Labute approximate surface area is 107 Å². The number of carbonyl (C=O) groups excluding carboxylic acids is 1. The molecular formula is C14H19N3O. The second kappa shape index (κ2) is 5.69. The van der Waals surface area contributed by atoms with Gasteiger partial charge in [-0.05, 0) is 30.1 Å². The molecule has 0 fully saturated rings. The molecule has 0 aliphatic rings. The van der Waals surface area contributed by atoms with E-state index in [-0.39, 0.29) is 5.91 Å². The predicted octanol–water partition coefficient (Wildman–Crippen LogP) is 1.50. The fourth-order valence-corrected chi connectivity index (χ4v) is 2.09. The fourth-order valence-electron chi connectivity index (χ4n) is 2.09. The molecule has 0 saturated carbocycles. The van der Waals surface area contributed by atoms with Gasteiger partial charge in [-0.15, -0.1) is 0 Å². The number of fused-ring (bicyclic) bond motifs is 1. The molecule has 0 bridgehead atoms. The first kappa shape index (κ1) is 12.6. The van der Waals surface area contributed by atoms with Crippen LogP contribution in [0.1, 0.15) is 12.0 Å². The zero-order valence-electron chi connectivity index (χ0n) is 10.9. The summed E-state index contributed by atoms with van der Waals surface area (Å²) in [6, 6.07) is 8.51. The van der Waals surface area contributed by atoms with E-state index in [1.54, 1.807) is 7.05 Å². The monoisotopic (exact) mass is 245 g/mol. The van der Waals surface area contributed by atoms with Crippen molar-refractivity contribution in [1.82, 2.24) is 15.2 Å². The van der Waals surface area contributed by atoms with Gasteiger partial charge in [-0.25, -0.2) is 0 Å². The molecule has 18 heavy (non-hydrogen) atoms. The summed E-state index contributed by atoms with van der Waals surface area (Å²) in [5.74, 6) is 0.0724. The standard InChI is InChI=1S/C14H19N3O/c1-15-10-11-3-4-12-5-7-17(13(12)9-11)8-6-14(18)16-2/h3-5,7,9,15H,6,8,10H2,1-2H3,(H,16,18). The maximum absolute atomic E-state index is 11.3. The molecule has 0 unspecified atom stereocenters. The third-order valence-electron chi connectivity index (χ3n) is 3.08. The van der Waals surface area contributed by atoms with Crippen LogP contribution in [0.25, 0.3) is 10.9 Å². The Hall–Kier alpha value is -1.81. The van der Waals surface area contributed by atoms with Gasteiger partial charge in [0.2, 0.25) is 5.91 Å². The third kappa shape index (κ3) is 2.71. The van der Waals surface area contributed by atoms with E-state index >= 15 is 0 Å². The van der Waals surface area contributed by atoms with Crippen LogP contribution in [0.3, 0.4) is 0 Å². The Bertz CT molecular complexity index is 545. The van der Waals surface area contributed by atoms with Gasteiger partial charge in [0.25, 0.3) is 0 Å². The van der Waals surface area contributed by atoms with Gasteiger partial charge in [0.05, 0.1) is 0 Å². The summed E-state index contributed by atoms with van der Waals surface area (Å²) in [5, 5.41) is 7.01. The zero-order valence-corrected chi connectivity index (χ0v) is 10.9. The average Bonchev–Trinajstić information content (AvgIpc) is 2.79. The normalized spacial score (nSPS) is 10.8. The highest BCUT2D eigenvalue weighted by atomic mass is 16.1. The molecule has 2 rings (SSSR count). The minimum Gasteiger partial charge on any atom is -0.359 e. The van der Waals surface area contributed by atoms with Crippen molar-refractivity contribution in [1.29, 1.82) is 0 Å². The topological polar surface area (TPSA) is 46.1 Å². The SMILES string of the molecule is CNCc1ccc2ccn(CCC(=O)NC)c2c1. The van der Waals surface area contributed by atoms with E-state index in [9.17, 15) is 4.79 Å². The van der Waals surface area contributed by atoms with Gasteiger partial charge in [-0.3, -0.25) is 4.79 Å². The van der Waals surface area contributed by atoms with Gasteiger partial charge in [0.1, 0.15) is 0 Å². The number of hydrogen-bond donors (Lipinski definition) is 2. The second-order valence-electron chi connectivity index (χ2n) is 4.36. The Balaban J connectivity index is 2.22. The van der Waals surface area contributed by atoms with Crippen LogP contribution >= 0.6 is 0 Å². The molecule has 0 atom stereocenters. The molecule has 0 saturated heterocycles. The molecule has 2 N–H and O–H groups in total. The minimum absolute atomic E-state index is 0.0724. The molecule has 2 aromatic rings. The Morgan fingerprint density at radius 1 is 1.28 bits per heavy atom. The summed E-state index contributed by atoms with van der Waals surface area (Å²) < 4.78 is 2.13. The maximum Gasteiger partial charge on any atom is 0.221 e. The van der Waals surface area contributed by atoms with E-state index in [0.717, 1.165) is 6.54 Å². The van der Waals surface area contributed by atoms with Crippen molar-refractivity contribution in [2.75, 3.05) is 14.1 Å². The first-order chi connectivity index (χ1) is 8.74. The van der Waals surface area contributed by atoms with Crippen molar-refractivity contribution >= 4 is 16.8 Å². The summed E-state index contributed by atoms with van der Waals surface area (Å²) in [7, 11) is 3.61. The van der Waals surface area contributed by atoms with E-state index in [2.05, 4.69) is 39.5 Å². The number of amides is 1. The van der Waals surface area contributed by atoms with E-state index in [4.69, 9.17) is 0 Å². The quantitative estimate of drug-likeness (QED) is 0.838. The van der Waals surface area contributed by atoms with E-state index < -0.39 is 0 Å². The minimum atomic E-state index is 0.0724. The van der Waals surface area contributed by atoms with Crippen LogP contribution in [0.5, 0.6) is 0 Å². The number of rotatable bonds is 5. The zero-order chi connectivity index (χ0) is 13.0. The van der Waals surface area contributed by atoms with Crippen molar-refractivity contribution in [2.45, 2.75) is 19.5 Å². The summed E-state index contributed by atoms with van der Waals surface area (Å²) in [4.78, 5) is 11.3. The molecule has 0 aliphatic carbocycles. The van der Waals surface area contributed by atoms with Crippen molar-refractivity contribution in [3.8, 4) is 0 Å². The highest BCUT2D eigenvalue weighted by molar-refractivity contribution is 5.81. The van der Waals surface area contributed by atoms with Crippen molar-refractivity contribution in [3.05, 3.63) is 36.0 Å². The van der Waals surface area contributed by atoms with Gasteiger partial charge < -0.3 is 15.2 Å². The highest BCUT2D eigenvalue weighted by Crippen LogP contribution is 2.18. The van der Waals surface area contributed by atoms with Gasteiger partial charge in [0.15, 0.2) is 0 Å². The van der Waals surface area contributed by atoms with Gasteiger partial charge >= 0.3 is 0 Å². The molecular weight excluding hydrogens is 226 g/mol. The number of benzene rings is 1. The Kier molecular flexibility index (Phi) is 3.99. The van der Waals surface area contributed by atoms with Crippen LogP contribution in [0.2, 0.25) is 0 Å². The third-order valence-corrected chi connectivity index (χ3v) is 3.08. The van der Waals surface area contributed by atoms with E-state index in [0.29, 0.717) is 13.0 Å². The first-order valence-corrected chi connectivity index (χ1v) is 6.17. The lowest BCUT2D eigenvalue weighted by molar-refractivity contribution is -0.120. The Morgan fingerprint density at radius 3 is 2.83 bits per heavy atom. The van der Waals surface area contributed by atoms with Crippen LogP contribution < -0.4 is 10.6 Å². The largest absolute Gasteiger partial charge is 0.359 e. The van der Waals surface area contributed by atoms with Crippen LogP contribution in [-0.4, -0.2) is 24.6 Å². The predicted molar refractivity (Wildman–Crippen MR) is 73.4 cm³/mol. The molecule has 0 spiro atoms. The number of nitrogens with zero attached hydrogens (tertiary/aromatic N) is 1. The molecule has 1 aromatic heterocycles. The molecule has 96 valence electrons. The summed E-state index contributed by atoms with van der Waals surface area (Å²) >= 11 is 0. The van der Waals surface area contributed by atoms with Crippen LogP contribution in [0, 0.1) is 0 Å². The molecule has 4 heteroatoms. The highest BCUT2D eigenvalue weighted by Gasteiger charge is 2.04. The number of carbonyl (C=O) groups is 1. The lowest BCUT2D eigenvalue weighted by Crippen LogP contribution is -2.19. The molecule has 0 aliphatic heterocycles. The fraction of sp³-hybridized carbons (Fsp3) is 0.357. The van der Waals surface area contributed by atoms with Crippen LogP contribution in [0.4, 0.5) is 0 Å². The lowest BCUT2D eigenvalue weighted by atomic mass is 10.1. The van der Waals surface area contributed by atoms with E-state index in [1.165, 1.54) is 16.5 Å². The van der Waals surface area contributed by atoms with E-state index in [1.807, 2.05) is 13.2 Å². The molecule has 0 radical (unpaired) electrons. The number of aromatic nitrogens is 1. The summed E-state index contributed by atoms with van der Waals surface area (Å²) in [5.41, 5.74) is 2.44. The smallest absolute Gasteiger partial charge is 0.221 e. The number of aryl methyl sites for hydroxylation is 1. The average molecular weight is 245 g/mol. The van der Waals surface area contributed by atoms with Gasteiger partial charge in [-0.1, -0.05) is 12.1 Å². The van der Waals surface area contributed by atoms with Crippen molar-refractivity contribution < 1.29 is 4.79 Å². The maximum atomic E-state index is 11.3. The molecule has 1 amide bonds. The van der Waals surface area contributed by atoms with Gasteiger partial charge in [0, 0.05) is 38.3 Å². The first-order valence-electron chi connectivity index (χ1n) is 6.17. The van der Waals surface area contributed by atoms with Crippen LogP contribution in [0.15, 0.2) is 30.5 Å². The second-order valence-corrected chi connectivity index (χ2v) is 4.36. The number of nitrogens with one attached hydrogen (secondary N) is 2. The molecule has 1 heterocycles. The van der Waals surface area contributed by atoms with Gasteiger partial charge in [-0.2, -0.15) is 0 Å². The van der Waals surface area contributed by atoms with Crippen molar-refractivity contribution in [3.63, 3.8) is 0 Å². The molecule has 1 aromatic carbocycles. The molecule has 4 nitrogen and oxygen atoms in total. The lowest BCUT2D eigenvalue weighted by Gasteiger charge is -2.06. The van der Waals surface area contributed by atoms with Crippen molar-refractivity contribution in [2.24, 2.45) is 0 Å². The summed E-state index contributed by atoms with van der Waals surface area (Å²) in [6.07, 6.45) is 2.55.